The Kier molecular flexibility index (Phi) is 0.756. The molecule has 0 atom stereocenters. The molecule has 0 unspecified atom stereocenters. The van der Waals surface area contributed by atoms with Crippen LogP contribution in [0.25, 0.3) is 11.2 Å². The summed E-state index contributed by atoms with van der Waals surface area (Å²) in [5.41, 5.74) is -3.19. The van der Waals surface area contributed by atoms with Gasteiger partial charge in [0.25, 0.3) is 5.56 Å². The molecule has 0 saturated carbocycles. The van der Waals surface area contributed by atoms with Gasteiger partial charge < -0.3 is 4.57 Å². The minimum Gasteiger partial charge on any atom is -0.328 e. The topological polar surface area (TPSA) is 61.8 Å². The Morgan fingerprint density at radius 1 is 1.36 bits per heavy atom. The van der Waals surface area contributed by atoms with Gasteiger partial charge >= 0.3 is 5.69 Å². The van der Waals surface area contributed by atoms with Gasteiger partial charge in [0.05, 0.1) is 6.33 Å². The van der Waals surface area contributed by atoms with Crippen molar-refractivity contribution in [3.8, 4) is 0 Å². The molecule has 0 saturated heterocycles. The summed E-state index contributed by atoms with van der Waals surface area (Å²) in [4.78, 5) is 27.9. The number of hydrogen-bond acceptors (Lipinski definition) is 3. The lowest BCUT2D eigenvalue weighted by molar-refractivity contribution is 0.705. The van der Waals surface area contributed by atoms with Crippen molar-refractivity contribution in [2.75, 3.05) is 0 Å². The van der Waals surface area contributed by atoms with Gasteiger partial charge in [0.2, 0.25) is 0 Å². The first-order chi connectivity index (χ1) is 8.96. The molecule has 6 nitrogen and oxygen atoms in total. The number of hydrogen-bond donors (Lipinski definition) is 0. The first-order valence-corrected chi connectivity index (χ1v) is 3.66. The van der Waals surface area contributed by atoms with E-state index < -0.39 is 25.2 Å². The molecule has 0 aliphatic heterocycles. The van der Waals surface area contributed by atoms with E-state index in [4.69, 9.17) is 8.22 Å². The van der Waals surface area contributed by atoms with E-state index in [1.165, 1.54) is 11.6 Å². The summed E-state index contributed by atoms with van der Waals surface area (Å²) in [7, 11) is 1.40. The monoisotopic (exact) mass is 200 g/mol. The van der Waals surface area contributed by atoms with E-state index >= 15 is 0 Å². The summed E-state index contributed by atoms with van der Waals surface area (Å²) in [6, 6.07) is 0. The lowest BCUT2D eigenvalue weighted by Gasteiger charge is -2.02. The molecule has 0 aromatic carbocycles. The van der Waals surface area contributed by atoms with Crippen molar-refractivity contribution in [3.05, 3.63) is 27.2 Å². The van der Waals surface area contributed by atoms with Gasteiger partial charge in [-0.3, -0.25) is 13.9 Å². The third kappa shape index (κ3) is 0.876. The van der Waals surface area contributed by atoms with Gasteiger partial charge in [-0.2, -0.15) is 0 Å². The molecular formula is C8H10N4O2. The highest BCUT2D eigenvalue weighted by atomic mass is 16.2. The second-order valence-corrected chi connectivity index (χ2v) is 2.79. The Balaban J connectivity index is 3.16. The van der Waals surface area contributed by atoms with Crippen molar-refractivity contribution in [2.45, 2.75) is 0 Å². The first-order valence-electron chi connectivity index (χ1n) is 6.66. The number of nitrogens with zero attached hydrogens (tertiary/aromatic N) is 4. The Labute approximate surface area is 87.5 Å². The molecular weight excluding hydrogens is 184 g/mol. The number of rotatable bonds is 0. The van der Waals surface area contributed by atoms with Gasteiger partial charge in [-0.15, -0.1) is 0 Å². The Hall–Kier alpha value is -1.85. The van der Waals surface area contributed by atoms with E-state index in [0.29, 0.717) is 0 Å². The molecule has 0 aliphatic rings. The summed E-state index contributed by atoms with van der Waals surface area (Å²) in [6.45, 7) is -6.04. The number of fused-ring (bicyclic) bond motifs is 1. The van der Waals surface area contributed by atoms with Crippen LogP contribution in [0.2, 0.25) is 0 Å². The highest BCUT2D eigenvalue weighted by Gasteiger charge is 2.11. The molecule has 0 fully saturated rings. The maximum absolute atomic E-state index is 12.1. The Morgan fingerprint density at radius 2 is 2.07 bits per heavy atom. The number of imidazole rings is 1. The van der Waals surface area contributed by atoms with Crippen LogP contribution in [0, 0.1) is 0 Å². The third-order valence-corrected chi connectivity index (χ3v) is 1.92. The van der Waals surface area contributed by atoms with Crippen molar-refractivity contribution in [2.24, 2.45) is 21.0 Å². The SMILES string of the molecule is [2H]C([2H])([2H])n1c(=O)c2c(ncn2C)n(C([2H])([2H])[2H])c1=O. The fraction of sp³-hybridized carbons (Fsp3) is 0.375. The molecule has 2 aromatic heterocycles. The van der Waals surface area contributed by atoms with E-state index in [2.05, 4.69) is 4.98 Å². The van der Waals surface area contributed by atoms with Gasteiger partial charge in [-0.25, -0.2) is 9.78 Å². The largest absolute Gasteiger partial charge is 0.332 e. The van der Waals surface area contributed by atoms with Crippen LogP contribution < -0.4 is 11.2 Å². The standard InChI is InChI=1S/C8H10N4O2/c1-10-4-9-6-5(10)7(13)12(3)8(14)11(6)2/h4H,1-3H3/i2D3,3D3. The van der Waals surface area contributed by atoms with Crippen molar-refractivity contribution < 1.29 is 8.22 Å². The Bertz CT molecular complexity index is 793. The zero-order valence-electron chi connectivity index (χ0n) is 13.2. The predicted octanol–water partition coefficient (Wildman–Crippen LogP) is -1.03. The molecule has 6 heteroatoms. The van der Waals surface area contributed by atoms with E-state index in [-0.39, 0.29) is 20.3 Å². The average molecular weight is 200 g/mol. The molecule has 2 heterocycles. The molecule has 2 aromatic rings. The molecule has 0 aliphatic carbocycles. The molecule has 0 spiro atoms. The molecule has 0 amide bonds. The second kappa shape index (κ2) is 2.57. The first kappa shape index (κ1) is 4.12. The van der Waals surface area contributed by atoms with Crippen LogP contribution in [-0.4, -0.2) is 18.7 Å². The predicted molar refractivity (Wildman–Crippen MR) is 51.2 cm³/mol. The summed E-state index contributed by atoms with van der Waals surface area (Å²) < 4.78 is 45.0. The molecule has 74 valence electrons. The summed E-state index contributed by atoms with van der Waals surface area (Å²) in [6.07, 6.45) is 1.14. The maximum atomic E-state index is 12.1. The van der Waals surface area contributed by atoms with Crippen LogP contribution >= 0.6 is 0 Å². The quantitative estimate of drug-likeness (QED) is 0.546. The van der Waals surface area contributed by atoms with Crippen molar-refractivity contribution in [1.82, 2.24) is 18.7 Å². The maximum Gasteiger partial charge on any atom is 0.332 e. The number of aryl methyl sites for hydroxylation is 2. The van der Waals surface area contributed by atoms with Crippen LogP contribution in [0.4, 0.5) is 0 Å². The zero-order valence-corrected chi connectivity index (χ0v) is 7.18. The fourth-order valence-electron chi connectivity index (χ4n) is 1.21. The summed E-state index contributed by atoms with van der Waals surface area (Å²) in [5.74, 6) is 0. The van der Waals surface area contributed by atoms with Gasteiger partial charge in [0.1, 0.15) is 0 Å². The van der Waals surface area contributed by atoms with Crippen molar-refractivity contribution in [3.63, 3.8) is 0 Å². The molecule has 0 N–H and O–H groups in total. The van der Waals surface area contributed by atoms with Gasteiger partial charge in [0.15, 0.2) is 11.2 Å². The minimum atomic E-state index is -3.08. The van der Waals surface area contributed by atoms with E-state index in [1.807, 2.05) is 0 Å². The van der Waals surface area contributed by atoms with Crippen LogP contribution in [0.5, 0.6) is 0 Å². The van der Waals surface area contributed by atoms with Crippen LogP contribution in [0.1, 0.15) is 8.22 Å². The van der Waals surface area contributed by atoms with Gasteiger partial charge in [-0.1, -0.05) is 0 Å². The molecule has 0 bridgehead atoms. The highest BCUT2D eigenvalue weighted by Crippen LogP contribution is 2.01. The van der Waals surface area contributed by atoms with Crippen molar-refractivity contribution >= 4 is 11.2 Å². The van der Waals surface area contributed by atoms with Crippen molar-refractivity contribution in [1.29, 1.82) is 0 Å². The van der Waals surface area contributed by atoms with Crippen LogP contribution in [-0.2, 0) is 21.0 Å². The molecule has 2 rings (SSSR count). The highest BCUT2D eigenvalue weighted by molar-refractivity contribution is 5.69. The van der Waals surface area contributed by atoms with E-state index in [9.17, 15) is 9.59 Å². The lowest BCUT2D eigenvalue weighted by atomic mass is 10.5. The normalized spacial score (nSPS) is 19.2. The van der Waals surface area contributed by atoms with E-state index in [1.54, 1.807) is 0 Å². The number of aromatic nitrogens is 4. The average Bonchev–Trinajstić information content (AvgIpc) is 2.56. The molecule has 0 radical (unpaired) electrons. The van der Waals surface area contributed by atoms with Crippen LogP contribution in [0.3, 0.4) is 0 Å². The third-order valence-electron chi connectivity index (χ3n) is 1.92. The van der Waals surface area contributed by atoms with Gasteiger partial charge in [-0.05, 0) is 0 Å². The summed E-state index contributed by atoms with van der Waals surface area (Å²) >= 11 is 0. The van der Waals surface area contributed by atoms with Gasteiger partial charge in [0, 0.05) is 29.2 Å². The second-order valence-electron chi connectivity index (χ2n) is 2.79. The molecule has 14 heavy (non-hydrogen) atoms. The summed E-state index contributed by atoms with van der Waals surface area (Å²) in [5, 5.41) is 0. The fourth-order valence-corrected chi connectivity index (χ4v) is 1.21. The smallest absolute Gasteiger partial charge is 0.328 e. The lowest BCUT2D eigenvalue weighted by Crippen LogP contribution is -2.37. The van der Waals surface area contributed by atoms with E-state index in [0.717, 1.165) is 6.33 Å². The minimum absolute atomic E-state index is 0.0522. The zero-order chi connectivity index (χ0) is 15.5. The Morgan fingerprint density at radius 3 is 2.71 bits per heavy atom. The van der Waals surface area contributed by atoms with Crippen LogP contribution in [0.15, 0.2) is 15.9 Å².